The summed E-state index contributed by atoms with van der Waals surface area (Å²) in [7, 11) is 0. The molecule has 1 aliphatic heterocycles. The third-order valence-electron chi connectivity index (χ3n) is 4.68. The smallest absolute Gasteiger partial charge is 0.338 e. The molecule has 0 aliphatic carbocycles. The lowest BCUT2D eigenvalue weighted by molar-refractivity contribution is -0.119. The normalized spacial score (nSPS) is 12.6. The number of carbonyl (C=O) groups excluding carboxylic acids is 5. The van der Waals surface area contributed by atoms with Gasteiger partial charge in [-0.1, -0.05) is 0 Å². The second kappa shape index (κ2) is 9.42. The number of amides is 3. The summed E-state index contributed by atoms with van der Waals surface area (Å²) in [6.07, 6.45) is 0. The fourth-order valence-corrected chi connectivity index (χ4v) is 3.17. The Balaban J connectivity index is 1.58. The SMILES string of the molecule is CCOC(=O)c1ccc(NC(=O)COC(=O)c2ccc3c(c2)C(=O)N(C(C)C)C3=O)cc1. The predicted octanol–water partition coefficient (Wildman–Crippen LogP) is 2.66. The molecule has 166 valence electrons. The molecule has 0 spiro atoms. The molecule has 3 rings (SSSR count). The first-order chi connectivity index (χ1) is 15.2. The summed E-state index contributed by atoms with van der Waals surface area (Å²) in [5.74, 6) is -2.73. The van der Waals surface area contributed by atoms with Gasteiger partial charge >= 0.3 is 11.9 Å². The van der Waals surface area contributed by atoms with Gasteiger partial charge in [0.2, 0.25) is 0 Å². The summed E-state index contributed by atoms with van der Waals surface area (Å²) in [5, 5.41) is 2.55. The Morgan fingerprint density at radius 3 is 2.09 bits per heavy atom. The zero-order valence-electron chi connectivity index (χ0n) is 17.8. The zero-order chi connectivity index (χ0) is 23.4. The van der Waals surface area contributed by atoms with Crippen molar-refractivity contribution in [3.05, 3.63) is 64.7 Å². The predicted molar refractivity (Wildman–Crippen MR) is 113 cm³/mol. The fourth-order valence-electron chi connectivity index (χ4n) is 3.17. The first-order valence-electron chi connectivity index (χ1n) is 9.99. The molecule has 2 aromatic carbocycles. The number of fused-ring (bicyclic) bond motifs is 1. The molecule has 0 unspecified atom stereocenters. The summed E-state index contributed by atoms with van der Waals surface area (Å²) >= 11 is 0. The van der Waals surface area contributed by atoms with E-state index < -0.39 is 36.3 Å². The molecule has 32 heavy (non-hydrogen) atoms. The molecule has 0 saturated carbocycles. The van der Waals surface area contributed by atoms with Crippen LogP contribution in [0.15, 0.2) is 42.5 Å². The van der Waals surface area contributed by atoms with E-state index in [9.17, 15) is 24.0 Å². The van der Waals surface area contributed by atoms with Gasteiger partial charge in [0.25, 0.3) is 17.7 Å². The topological polar surface area (TPSA) is 119 Å². The van der Waals surface area contributed by atoms with Crippen molar-refractivity contribution in [1.29, 1.82) is 0 Å². The Bertz CT molecular complexity index is 1090. The minimum atomic E-state index is -0.802. The van der Waals surface area contributed by atoms with Crippen molar-refractivity contribution in [3.63, 3.8) is 0 Å². The fraction of sp³-hybridized carbons (Fsp3) is 0.261. The number of nitrogens with zero attached hydrogens (tertiary/aromatic N) is 1. The van der Waals surface area contributed by atoms with Gasteiger partial charge in [0.15, 0.2) is 6.61 Å². The molecule has 0 saturated heterocycles. The lowest BCUT2D eigenvalue weighted by Crippen LogP contribution is -2.35. The maximum Gasteiger partial charge on any atom is 0.338 e. The van der Waals surface area contributed by atoms with Gasteiger partial charge < -0.3 is 14.8 Å². The number of nitrogens with one attached hydrogen (secondary N) is 1. The molecule has 1 aliphatic rings. The highest BCUT2D eigenvalue weighted by atomic mass is 16.5. The van der Waals surface area contributed by atoms with Crippen molar-refractivity contribution in [3.8, 4) is 0 Å². The number of benzene rings is 2. The van der Waals surface area contributed by atoms with Gasteiger partial charge in [-0.3, -0.25) is 19.3 Å². The third-order valence-corrected chi connectivity index (χ3v) is 4.68. The van der Waals surface area contributed by atoms with Crippen LogP contribution in [0.4, 0.5) is 5.69 Å². The molecule has 9 nitrogen and oxygen atoms in total. The van der Waals surface area contributed by atoms with E-state index >= 15 is 0 Å². The number of rotatable bonds is 7. The monoisotopic (exact) mass is 438 g/mol. The lowest BCUT2D eigenvalue weighted by Gasteiger charge is -2.17. The van der Waals surface area contributed by atoms with Crippen molar-refractivity contribution in [2.45, 2.75) is 26.8 Å². The molecule has 1 heterocycles. The average molecular weight is 438 g/mol. The Morgan fingerprint density at radius 2 is 1.47 bits per heavy atom. The number of hydrogen-bond acceptors (Lipinski definition) is 7. The van der Waals surface area contributed by atoms with E-state index in [1.165, 1.54) is 42.5 Å². The summed E-state index contributed by atoms with van der Waals surface area (Å²) in [6.45, 7) is 4.85. The van der Waals surface area contributed by atoms with E-state index in [0.717, 1.165) is 4.90 Å². The van der Waals surface area contributed by atoms with Gasteiger partial charge in [0.05, 0.1) is 28.9 Å². The van der Waals surface area contributed by atoms with Gasteiger partial charge in [0, 0.05) is 11.7 Å². The molecule has 0 aromatic heterocycles. The molecule has 0 bridgehead atoms. The quantitative estimate of drug-likeness (QED) is 0.521. The van der Waals surface area contributed by atoms with Crippen LogP contribution in [0.25, 0.3) is 0 Å². The Morgan fingerprint density at radius 1 is 0.875 bits per heavy atom. The Labute approximate surface area is 184 Å². The van der Waals surface area contributed by atoms with Crippen LogP contribution in [-0.4, -0.2) is 53.8 Å². The van der Waals surface area contributed by atoms with E-state index in [2.05, 4.69) is 5.32 Å². The van der Waals surface area contributed by atoms with Crippen molar-refractivity contribution in [2.24, 2.45) is 0 Å². The van der Waals surface area contributed by atoms with Crippen molar-refractivity contribution in [2.75, 3.05) is 18.5 Å². The third kappa shape index (κ3) is 4.66. The summed E-state index contributed by atoms with van der Waals surface area (Å²) in [4.78, 5) is 61.9. The average Bonchev–Trinajstić information content (AvgIpc) is 3.02. The summed E-state index contributed by atoms with van der Waals surface area (Å²) in [5.41, 5.74) is 1.17. The van der Waals surface area contributed by atoms with E-state index in [1.807, 2.05) is 0 Å². The van der Waals surface area contributed by atoms with Crippen LogP contribution in [0.1, 0.15) is 62.2 Å². The molecule has 9 heteroatoms. The van der Waals surface area contributed by atoms with E-state index in [0.29, 0.717) is 11.3 Å². The maximum atomic E-state index is 12.5. The van der Waals surface area contributed by atoms with Gasteiger partial charge in [0.1, 0.15) is 0 Å². The minimum absolute atomic E-state index is 0.0575. The highest BCUT2D eigenvalue weighted by Crippen LogP contribution is 2.26. The van der Waals surface area contributed by atoms with Crippen molar-refractivity contribution >= 4 is 35.3 Å². The van der Waals surface area contributed by atoms with Crippen LogP contribution in [0.5, 0.6) is 0 Å². The summed E-state index contributed by atoms with van der Waals surface area (Å²) in [6, 6.07) is 9.82. The molecule has 0 atom stereocenters. The number of esters is 2. The van der Waals surface area contributed by atoms with Gasteiger partial charge in [-0.25, -0.2) is 9.59 Å². The van der Waals surface area contributed by atoms with E-state index in [1.54, 1.807) is 20.8 Å². The number of imide groups is 1. The van der Waals surface area contributed by atoms with E-state index in [4.69, 9.17) is 9.47 Å². The Hall–Kier alpha value is -4.01. The number of anilines is 1. The largest absolute Gasteiger partial charge is 0.462 e. The lowest BCUT2D eigenvalue weighted by atomic mass is 10.1. The second-order valence-electron chi connectivity index (χ2n) is 7.26. The second-order valence-corrected chi connectivity index (χ2v) is 7.26. The Kier molecular flexibility index (Phi) is 6.67. The standard InChI is InChI=1S/C23H22N2O7/c1-4-31-22(29)14-5-8-16(9-6-14)24-19(26)12-32-23(30)15-7-10-17-18(11-15)21(28)25(13(2)3)20(17)27/h5-11,13H,4,12H2,1-3H3,(H,24,26). The first-order valence-corrected chi connectivity index (χ1v) is 9.99. The number of ether oxygens (including phenoxy) is 2. The van der Waals surface area contributed by atoms with Gasteiger partial charge in [-0.15, -0.1) is 0 Å². The zero-order valence-corrected chi connectivity index (χ0v) is 17.8. The highest BCUT2D eigenvalue weighted by Gasteiger charge is 2.37. The summed E-state index contributed by atoms with van der Waals surface area (Å²) < 4.78 is 9.90. The number of carbonyl (C=O) groups is 5. The number of hydrogen-bond donors (Lipinski definition) is 1. The molecule has 2 aromatic rings. The highest BCUT2D eigenvalue weighted by molar-refractivity contribution is 6.22. The van der Waals surface area contributed by atoms with Crippen LogP contribution in [0.2, 0.25) is 0 Å². The van der Waals surface area contributed by atoms with Crippen LogP contribution < -0.4 is 5.32 Å². The maximum absolute atomic E-state index is 12.5. The van der Waals surface area contributed by atoms with Crippen LogP contribution >= 0.6 is 0 Å². The van der Waals surface area contributed by atoms with Gasteiger partial charge in [-0.05, 0) is 63.2 Å². The van der Waals surface area contributed by atoms with Gasteiger partial charge in [-0.2, -0.15) is 0 Å². The molecule has 0 fully saturated rings. The van der Waals surface area contributed by atoms with Crippen molar-refractivity contribution in [1.82, 2.24) is 4.90 Å². The first kappa shape index (κ1) is 22.7. The van der Waals surface area contributed by atoms with Crippen LogP contribution in [0.3, 0.4) is 0 Å². The van der Waals surface area contributed by atoms with Crippen molar-refractivity contribution < 1.29 is 33.4 Å². The molecule has 0 radical (unpaired) electrons. The minimum Gasteiger partial charge on any atom is -0.462 e. The molecule has 1 N–H and O–H groups in total. The molecule has 3 amide bonds. The van der Waals surface area contributed by atoms with E-state index in [-0.39, 0.29) is 29.3 Å². The molecular formula is C23H22N2O7. The van der Waals surface area contributed by atoms with Crippen LogP contribution in [0, 0.1) is 0 Å². The van der Waals surface area contributed by atoms with Crippen LogP contribution in [-0.2, 0) is 14.3 Å². The molecular weight excluding hydrogens is 416 g/mol.